The van der Waals surface area contributed by atoms with Gasteiger partial charge < -0.3 is 9.47 Å². The summed E-state index contributed by atoms with van der Waals surface area (Å²) in [4.78, 5) is 18.7. The average molecular weight is 208 g/mol. The van der Waals surface area contributed by atoms with Crippen molar-refractivity contribution in [2.24, 2.45) is 0 Å². The minimum absolute atomic E-state index is 0.0541. The third-order valence-corrected chi connectivity index (χ3v) is 2.35. The van der Waals surface area contributed by atoms with Gasteiger partial charge in [-0.2, -0.15) is 0 Å². The van der Waals surface area contributed by atoms with Crippen molar-refractivity contribution < 1.29 is 14.3 Å². The van der Waals surface area contributed by atoms with Crippen molar-refractivity contribution in [3.63, 3.8) is 0 Å². The molecule has 0 radical (unpaired) electrons. The molecule has 5 heteroatoms. The Balaban J connectivity index is 1.99. The van der Waals surface area contributed by atoms with Gasteiger partial charge in [0.05, 0.1) is 25.6 Å². The predicted molar refractivity (Wildman–Crippen MR) is 51.6 cm³/mol. The molecule has 1 aromatic rings. The van der Waals surface area contributed by atoms with Crippen LogP contribution >= 0.6 is 0 Å². The van der Waals surface area contributed by atoms with Crippen molar-refractivity contribution in [3.8, 4) is 5.75 Å². The van der Waals surface area contributed by atoms with E-state index < -0.39 is 5.97 Å². The smallest absolute Gasteiger partial charge is 0.376 e. The Labute approximate surface area is 87.4 Å². The molecule has 2 rings (SSSR count). The highest BCUT2D eigenvalue weighted by Crippen LogP contribution is 2.23. The van der Waals surface area contributed by atoms with E-state index >= 15 is 0 Å². The summed E-state index contributed by atoms with van der Waals surface area (Å²) in [6, 6.07) is 0. The van der Waals surface area contributed by atoms with Crippen LogP contribution in [-0.2, 0) is 4.74 Å². The van der Waals surface area contributed by atoms with Crippen LogP contribution < -0.4 is 4.74 Å². The number of carbonyl (C=O) groups excluding carboxylic acids is 1. The van der Waals surface area contributed by atoms with E-state index in [1.165, 1.54) is 25.9 Å². The summed E-state index contributed by atoms with van der Waals surface area (Å²) >= 11 is 0. The molecule has 1 aliphatic rings. The lowest BCUT2D eigenvalue weighted by Gasteiger charge is -2.25. The Morgan fingerprint density at radius 2 is 2.07 bits per heavy atom. The van der Waals surface area contributed by atoms with Gasteiger partial charge in [-0.1, -0.05) is 0 Å². The molecular weight excluding hydrogens is 196 g/mol. The molecule has 0 atom stereocenters. The van der Waals surface area contributed by atoms with Crippen LogP contribution in [-0.4, -0.2) is 29.2 Å². The van der Waals surface area contributed by atoms with Gasteiger partial charge in [-0.15, -0.1) is 0 Å². The zero-order valence-electron chi connectivity index (χ0n) is 8.47. The maximum Gasteiger partial charge on any atom is 0.376 e. The SMILES string of the molecule is COC(=O)c1ncc(OC2CCC2)cn1. The fraction of sp³-hybridized carbons (Fsp3) is 0.500. The summed E-state index contributed by atoms with van der Waals surface area (Å²) in [5, 5.41) is 0. The molecule has 1 fully saturated rings. The lowest BCUT2D eigenvalue weighted by molar-refractivity contribution is 0.0586. The van der Waals surface area contributed by atoms with E-state index in [1.54, 1.807) is 0 Å². The van der Waals surface area contributed by atoms with Crippen LogP contribution in [0.4, 0.5) is 0 Å². The number of esters is 1. The number of methoxy groups -OCH3 is 1. The molecule has 0 spiro atoms. The van der Waals surface area contributed by atoms with Crippen molar-refractivity contribution in [3.05, 3.63) is 18.2 Å². The highest BCUT2D eigenvalue weighted by Gasteiger charge is 2.19. The normalized spacial score (nSPS) is 15.5. The first kappa shape index (κ1) is 9.89. The van der Waals surface area contributed by atoms with Gasteiger partial charge in [0.25, 0.3) is 0 Å². The monoisotopic (exact) mass is 208 g/mol. The molecule has 0 aromatic carbocycles. The Kier molecular flexibility index (Phi) is 2.80. The van der Waals surface area contributed by atoms with Gasteiger partial charge in [-0.25, -0.2) is 14.8 Å². The third kappa shape index (κ3) is 2.23. The van der Waals surface area contributed by atoms with Crippen molar-refractivity contribution in [2.75, 3.05) is 7.11 Å². The first-order chi connectivity index (χ1) is 7.29. The van der Waals surface area contributed by atoms with Crippen LogP contribution in [0.25, 0.3) is 0 Å². The summed E-state index contributed by atoms with van der Waals surface area (Å²) < 4.78 is 10.0. The van der Waals surface area contributed by atoms with Gasteiger partial charge in [0, 0.05) is 0 Å². The summed E-state index contributed by atoms with van der Waals surface area (Å²) in [6.07, 6.45) is 6.66. The predicted octanol–water partition coefficient (Wildman–Crippen LogP) is 1.19. The molecule has 1 aromatic heterocycles. The first-order valence-electron chi connectivity index (χ1n) is 4.86. The largest absolute Gasteiger partial charge is 0.487 e. The van der Waals surface area contributed by atoms with Crippen LogP contribution in [0.15, 0.2) is 12.4 Å². The Morgan fingerprint density at radius 1 is 1.40 bits per heavy atom. The number of rotatable bonds is 3. The van der Waals surface area contributed by atoms with E-state index in [4.69, 9.17) is 4.74 Å². The van der Waals surface area contributed by atoms with Gasteiger partial charge in [-0.05, 0) is 19.3 Å². The summed E-state index contributed by atoms with van der Waals surface area (Å²) in [5.74, 6) is 0.121. The average Bonchev–Trinajstić information content (AvgIpc) is 2.23. The lowest BCUT2D eigenvalue weighted by Crippen LogP contribution is -2.24. The molecule has 0 bridgehead atoms. The van der Waals surface area contributed by atoms with E-state index in [2.05, 4.69) is 14.7 Å². The van der Waals surface area contributed by atoms with Gasteiger partial charge in [0.1, 0.15) is 0 Å². The third-order valence-electron chi connectivity index (χ3n) is 2.35. The van der Waals surface area contributed by atoms with E-state index in [0.29, 0.717) is 5.75 Å². The minimum atomic E-state index is -0.537. The highest BCUT2D eigenvalue weighted by atomic mass is 16.5. The Morgan fingerprint density at radius 3 is 2.53 bits per heavy atom. The number of ether oxygens (including phenoxy) is 2. The van der Waals surface area contributed by atoms with Crippen LogP contribution in [0.5, 0.6) is 5.75 Å². The Bertz CT molecular complexity index is 346. The molecule has 1 heterocycles. The van der Waals surface area contributed by atoms with Crippen LogP contribution in [0.2, 0.25) is 0 Å². The van der Waals surface area contributed by atoms with E-state index in [9.17, 15) is 4.79 Å². The topological polar surface area (TPSA) is 61.3 Å². The molecule has 0 unspecified atom stereocenters. The number of carbonyl (C=O) groups is 1. The maximum atomic E-state index is 11.0. The second-order valence-electron chi connectivity index (χ2n) is 3.40. The van der Waals surface area contributed by atoms with Gasteiger partial charge in [0.15, 0.2) is 5.75 Å². The maximum absolute atomic E-state index is 11.0. The lowest BCUT2D eigenvalue weighted by atomic mass is 9.96. The molecule has 0 aliphatic heterocycles. The number of aromatic nitrogens is 2. The number of hydrogen-bond donors (Lipinski definition) is 0. The van der Waals surface area contributed by atoms with Crippen molar-refractivity contribution >= 4 is 5.97 Å². The van der Waals surface area contributed by atoms with E-state index in [1.807, 2.05) is 0 Å². The molecule has 80 valence electrons. The number of hydrogen-bond acceptors (Lipinski definition) is 5. The van der Waals surface area contributed by atoms with Gasteiger partial charge in [-0.3, -0.25) is 0 Å². The Hall–Kier alpha value is -1.65. The van der Waals surface area contributed by atoms with E-state index in [0.717, 1.165) is 12.8 Å². The summed E-state index contributed by atoms with van der Waals surface area (Å²) in [6.45, 7) is 0. The van der Waals surface area contributed by atoms with Crippen LogP contribution in [0.3, 0.4) is 0 Å². The molecule has 1 aliphatic carbocycles. The molecule has 0 N–H and O–H groups in total. The molecular formula is C10H12N2O3. The fourth-order valence-corrected chi connectivity index (χ4v) is 1.25. The second-order valence-corrected chi connectivity index (χ2v) is 3.40. The van der Waals surface area contributed by atoms with E-state index in [-0.39, 0.29) is 11.9 Å². The fourth-order valence-electron chi connectivity index (χ4n) is 1.25. The summed E-state index contributed by atoms with van der Waals surface area (Å²) in [7, 11) is 1.30. The molecule has 0 amide bonds. The molecule has 0 saturated heterocycles. The quantitative estimate of drug-likeness (QED) is 0.698. The van der Waals surface area contributed by atoms with Crippen LogP contribution in [0, 0.1) is 0 Å². The van der Waals surface area contributed by atoms with Crippen molar-refractivity contribution in [1.82, 2.24) is 9.97 Å². The minimum Gasteiger partial charge on any atom is -0.487 e. The molecule has 5 nitrogen and oxygen atoms in total. The van der Waals surface area contributed by atoms with Gasteiger partial charge >= 0.3 is 5.97 Å². The molecule has 1 saturated carbocycles. The number of nitrogens with zero attached hydrogens (tertiary/aromatic N) is 2. The molecule has 15 heavy (non-hydrogen) atoms. The van der Waals surface area contributed by atoms with Crippen molar-refractivity contribution in [1.29, 1.82) is 0 Å². The zero-order chi connectivity index (χ0) is 10.7. The summed E-state index contributed by atoms with van der Waals surface area (Å²) in [5.41, 5.74) is 0. The van der Waals surface area contributed by atoms with Crippen LogP contribution in [0.1, 0.15) is 29.9 Å². The van der Waals surface area contributed by atoms with Crippen molar-refractivity contribution in [2.45, 2.75) is 25.4 Å². The second kappa shape index (κ2) is 4.25. The zero-order valence-corrected chi connectivity index (χ0v) is 8.47. The first-order valence-corrected chi connectivity index (χ1v) is 4.86. The standard InChI is InChI=1S/C10H12N2O3/c1-14-10(13)9-11-5-8(6-12-9)15-7-3-2-4-7/h5-7H,2-4H2,1H3. The highest BCUT2D eigenvalue weighted by molar-refractivity contribution is 5.84. The van der Waals surface area contributed by atoms with Gasteiger partial charge in [0.2, 0.25) is 5.82 Å².